The maximum atomic E-state index is 12.4. The highest BCUT2D eigenvalue weighted by molar-refractivity contribution is 9.10. The Morgan fingerprint density at radius 3 is 2.63 bits per heavy atom. The monoisotopic (exact) mass is 460 g/mol. The van der Waals surface area contributed by atoms with E-state index in [1.54, 1.807) is 48.5 Å². The predicted octanol–water partition coefficient (Wildman–Crippen LogP) is 6.82. The number of nitrogens with zero attached hydrogens (tertiary/aromatic N) is 1. The van der Waals surface area contributed by atoms with E-state index < -0.39 is 0 Å². The quantitative estimate of drug-likeness (QED) is 0.364. The number of hydrogen-bond acceptors (Lipinski definition) is 3. The molecule has 7 heteroatoms. The third-order valence-electron chi connectivity index (χ3n) is 3.92. The predicted molar refractivity (Wildman–Crippen MR) is 112 cm³/mol. The van der Waals surface area contributed by atoms with E-state index in [1.807, 2.05) is 12.1 Å². The molecule has 4 aromatic rings. The van der Waals surface area contributed by atoms with Gasteiger partial charge in [0.25, 0.3) is 5.91 Å². The maximum Gasteiger partial charge on any atom is 0.257 e. The fraction of sp³-hybridized carbons (Fsp3) is 0. The molecule has 0 saturated carbocycles. The van der Waals surface area contributed by atoms with Crippen molar-refractivity contribution in [2.45, 2.75) is 0 Å². The van der Waals surface area contributed by atoms with E-state index in [1.165, 1.54) is 0 Å². The Hall–Kier alpha value is -2.34. The lowest BCUT2D eigenvalue weighted by Crippen LogP contribution is -2.12. The molecule has 0 atom stereocenters. The summed E-state index contributed by atoms with van der Waals surface area (Å²) in [7, 11) is 0. The van der Waals surface area contributed by atoms with Crippen LogP contribution in [0, 0.1) is 0 Å². The van der Waals surface area contributed by atoms with Crippen molar-refractivity contribution in [1.82, 2.24) is 4.98 Å². The van der Waals surface area contributed by atoms with E-state index in [0.29, 0.717) is 43.9 Å². The Labute approximate surface area is 173 Å². The highest BCUT2D eigenvalue weighted by Gasteiger charge is 2.14. The lowest BCUT2D eigenvalue weighted by molar-refractivity contribution is 0.102. The topological polar surface area (TPSA) is 55.1 Å². The summed E-state index contributed by atoms with van der Waals surface area (Å²) >= 11 is 15.7. The molecule has 134 valence electrons. The standard InChI is InChI=1S/C20H11BrCl2N2O2/c21-11-5-7-16(23)14(9-11)20-25-17-10-12(6-8-18(17)27-20)24-19(26)13-3-1-2-4-15(13)22/h1-10H,(H,24,26). The highest BCUT2D eigenvalue weighted by atomic mass is 79.9. The molecule has 1 N–H and O–H groups in total. The molecular formula is C20H11BrCl2N2O2. The van der Waals surface area contributed by atoms with E-state index in [2.05, 4.69) is 26.2 Å². The van der Waals surface area contributed by atoms with Gasteiger partial charge < -0.3 is 9.73 Å². The van der Waals surface area contributed by atoms with Crippen LogP contribution < -0.4 is 5.32 Å². The lowest BCUT2D eigenvalue weighted by Gasteiger charge is -2.06. The smallest absolute Gasteiger partial charge is 0.257 e. The second-order valence-electron chi connectivity index (χ2n) is 5.76. The van der Waals surface area contributed by atoms with Gasteiger partial charge in [-0.25, -0.2) is 4.98 Å². The summed E-state index contributed by atoms with van der Waals surface area (Å²) in [6, 6.07) is 17.6. The summed E-state index contributed by atoms with van der Waals surface area (Å²) in [6.45, 7) is 0. The molecule has 4 nitrogen and oxygen atoms in total. The molecule has 0 unspecified atom stereocenters. The van der Waals surface area contributed by atoms with Gasteiger partial charge in [0.15, 0.2) is 5.58 Å². The summed E-state index contributed by atoms with van der Waals surface area (Å²) < 4.78 is 6.68. The van der Waals surface area contributed by atoms with Crippen molar-refractivity contribution in [1.29, 1.82) is 0 Å². The first-order valence-electron chi connectivity index (χ1n) is 7.93. The van der Waals surface area contributed by atoms with Gasteiger partial charge in [0.1, 0.15) is 5.52 Å². The molecule has 1 heterocycles. The number of benzene rings is 3. The van der Waals surface area contributed by atoms with Crippen molar-refractivity contribution in [3.63, 3.8) is 0 Å². The Kier molecular flexibility index (Phi) is 4.91. The van der Waals surface area contributed by atoms with Crippen LogP contribution in [0.3, 0.4) is 0 Å². The Balaban J connectivity index is 1.66. The average molecular weight is 462 g/mol. The number of carbonyl (C=O) groups excluding carboxylic acids is 1. The number of nitrogens with one attached hydrogen (secondary N) is 1. The third-order valence-corrected chi connectivity index (χ3v) is 5.08. The van der Waals surface area contributed by atoms with E-state index in [-0.39, 0.29) is 5.91 Å². The number of aromatic nitrogens is 1. The van der Waals surface area contributed by atoms with Crippen molar-refractivity contribution < 1.29 is 9.21 Å². The molecule has 27 heavy (non-hydrogen) atoms. The van der Waals surface area contributed by atoms with Crippen molar-refractivity contribution in [2.24, 2.45) is 0 Å². The normalized spacial score (nSPS) is 10.9. The molecule has 3 aromatic carbocycles. The number of anilines is 1. The highest BCUT2D eigenvalue weighted by Crippen LogP contribution is 2.33. The first-order chi connectivity index (χ1) is 13.0. The zero-order chi connectivity index (χ0) is 19.0. The largest absolute Gasteiger partial charge is 0.436 e. The van der Waals surface area contributed by atoms with E-state index in [4.69, 9.17) is 27.6 Å². The molecule has 0 radical (unpaired) electrons. The maximum absolute atomic E-state index is 12.4. The molecule has 0 saturated heterocycles. The van der Waals surface area contributed by atoms with Crippen LogP contribution in [0.25, 0.3) is 22.6 Å². The first-order valence-corrected chi connectivity index (χ1v) is 9.48. The van der Waals surface area contributed by atoms with Gasteiger partial charge in [-0.3, -0.25) is 4.79 Å². The minimum atomic E-state index is -0.293. The number of carbonyl (C=O) groups is 1. The van der Waals surface area contributed by atoms with Crippen LogP contribution >= 0.6 is 39.1 Å². The second kappa shape index (κ2) is 7.35. The van der Waals surface area contributed by atoms with Crippen LogP contribution in [0.2, 0.25) is 10.0 Å². The van der Waals surface area contributed by atoms with Gasteiger partial charge in [0.2, 0.25) is 5.89 Å². The summed E-state index contributed by atoms with van der Waals surface area (Å²) in [5.74, 6) is 0.115. The molecule has 0 fully saturated rings. The molecule has 0 aliphatic rings. The molecule has 0 bridgehead atoms. The summed E-state index contributed by atoms with van der Waals surface area (Å²) in [5, 5.41) is 3.75. The van der Waals surface area contributed by atoms with Crippen molar-refractivity contribution in [3.05, 3.63) is 80.7 Å². The summed E-state index contributed by atoms with van der Waals surface area (Å²) in [5.41, 5.74) is 2.88. The number of rotatable bonds is 3. The number of hydrogen-bond donors (Lipinski definition) is 1. The number of oxazole rings is 1. The molecular weight excluding hydrogens is 451 g/mol. The number of amides is 1. The van der Waals surface area contributed by atoms with Gasteiger partial charge in [-0.1, -0.05) is 51.3 Å². The third kappa shape index (κ3) is 3.72. The van der Waals surface area contributed by atoms with Gasteiger partial charge in [0.05, 0.1) is 21.2 Å². The van der Waals surface area contributed by atoms with Crippen LogP contribution in [0.4, 0.5) is 5.69 Å². The molecule has 4 rings (SSSR count). The van der Waals surface area contributed by atoms with E-state index in [0.717, 1.165) is 4.47 Å². The second-order valence-corrected chi connectivity index (χ2v) is 7.49. The minimum Gasteiger partial charge on any atom is -0.436 e. The number of fused-ring (bicyclic) bond motifs is 1. The minimum absolute atomic E-state index is 0.293. The summed E-state index contributed by atoms with van der Waals surface area (Å²) in [4.78, 5) is 16.9. The molecule has 0 spiro atoms. The van der Waals surface area contributed by atoms with Gasteiger partial charge in [0, 0.05) is 10.2 Å². The van der Waals surface area contributed by atoms with Crippen LogP contribution in [0.15, 0.2) is 69.6 Å². The van der Waals surface area contributed by atoms with Crippen molar-refractivity contribution in [3.8, 4) is 11.5 Å². The fourth-order valence-electron chi connectivity index (χ4n) is 2.63. The number of halogens is 3. The van der Waals surface area contributed by atoms with Gasteiger partial charge in [-0.15, -0.1) is 0 Å². The molecule has 1 aromatic heterocycles. The Morgan fingerprint density at radius 1 is 1.00 bits per heavy atom. The fourth-order valence-corrected chi connectivity index (χ4v) is 3.41. The van der Waals surface area contributed by atoms with Crippen LogP contribution in [-0.2, 0) is 0 Å². The first kappa shape index (κ1) is 18.0. The van der Waals surface area contributed by atoms with E-state index >= 15 is 0 Å². The van der Waals surface area contributed by atoms with Crippen molar-refractivity contribution in [2.75, 3.05) is 5.32 Å². The van der Waals surface area contributed by atoms with Gasteiger partial charge in [-0.2, -0.15) is 0 Å². The van der Waals surface area contributed by atoms with Crippen molar-refractivity contribution >= 4 is 61.8 Å². The van der Waals surface area contributed by atoms with Crippen LogP contribution in [0.1, 0.15) is 10.4 Å². The van der Waals surface area contributed by atoms with Crippen LogP contribution in [0.5, 0.6) is 0 Å². The summed E-state index contributed by atoms with van der Waals surface area (Å²) in [6.07, 6.45) is 0. The molecule has 1 amide bonds. The van der Waals surface area contributed by atoms with E-state index in [9.17, 15) is 4.79 Å². The van der Waals surface area contributed by atoms with Gasteiger partial charge >= 0.3 is 0 Å². The molecule has 0 aliphatic heterocycles. The lowest BCUT2D eigenvalue weighted by atomic mass is 10.2. The Bertz CT molecular complexity index is 1170. The van der Waals surface area contributed by atoms with Crippen LogP contribution in [-0.4, -0.2) is 10.9 Å². The zero-order valence-corrected chi connectivity index (χ0v) is 16.8. The molecule has 0 aliphatic carbocycles. The van der Waals surface area contributed by atoms with Gasteiger partial charge in [-0.05, 0) is 48.5 Å². The Morgan fingerprint density at radius 2 is 1.81 bits per heavy atom. The zero-order valence-electron chi connectivity index (χ0n) is 13.7. The SMILES string of the molecule is O=C(Nc1ccc2oc(-c3cc(Br)ccc3Cl)nc2c1)c1ccccc1Cl. The average Bonchev–Trinajstić information content (AvgIpc) is 3.07.